The van der Waals surface area contributed by atoms with Crippen molar-refractivity contribution < 1.29 is 76.1 Å². The molecule has 10 aromatic rings. The zero-order valence-electron chi connectivity index (χ0n) is 90.0. The fourth-order valence-electron chi connectivity index (χ4n) is 18.4. The third kappa shape index (κ3) is 33.8. The summed E-state index contributed by atoms with van der Waals surface area (Å²) in [5.41, 5.74) is 8.95. The quantitative estimate of drug-likeness (QED) is 0.0502. The van der Waals surface area contributed by atoms with Crippen LogP contribution in [0.3, 0.4) is 0 Å². The molecule has 4 aromatic heterocycles. The SMILES string of the molecule is CCC(C(=O)Nc1ccccc1C)N1CCOCCOCCN(Cc2nc3ccccc3c(=O)n2CC(=O)N2CCOCC2)CCOCCOCC1.CCCC(N(C)CC(=O)Nc1c(C)cccc1C)N(C)Cc1nc2c(C)cccc2c(=O)n1CC(=O)N1CCOCC1.Cc1cccc2c(=O)n(CC(=O)N(C)C)c(CN3CCOCCOCCN(Cc4nc5c(C)cccc5c(=O)n4CC(=O)N(C)C)CCOCCOCC3)nc12. The van der Waals surface area contributed by atoms with Crippen molar-refractivity contribution >= 4 is 90.4 Å². The van der Waals surface area contributed by atoms with Gasteiger partial charge in [-0.15, -0.1) is 0 Å². The van der Waals surface area contributed by atoms with Gasteiger partial charge in [0.25, 0.3) is 22.2 Å². The molecule has 6 amide bonds. The summed E-state index contributed by atoms with van der Waals surface area (Å²) in [6, 6.07) is 37.2. The van der Waals surface area contributed by atoms with Crippen molar-refractivity contribution in [3.05, 3.63) is 219 Å². The molecule has 8 heterocycles. The van der Waals surface area contributed by atoms with Crippen LogP contribution in [0, 0.1) is 41.5 Å². The first kappa shape index (κ1) is 117. The molecule has 0 radical (unpaired) electrons. The molecule has 0 bridgehead atoms. The molecule has 2 N–H and O–H groups in total. The van der Waals surface area contributed by atoms with E-state index in [0.717, 1.165) is 57.6 Å². The number of para-hydroxylation sites is 6. The van der Waals surface area contributed by atoms with E-state index >= 15 is 0 Å². The lowest BCUT2D eigenvalue weighted by atomic mass is 10.1. The Morgan fingerprint density at radius 2 is 0.673 bits per heavy atom. The predicted octanol–water partition coefficient (Wildman–Crippen LogP) is 6.76. The molecule has 4 saturated heterocycles. The van der Waals surface area contributed by atoms with Crippen molar-refractivity contribution in [1.29, 1.82) is 0 Å². The molecule has 814 valence electrons. The van der Waals surface area contributed by atoms with Crippen LogP contribution in [0.25, 0.3) is 43.6 Å². The van der Waals surface area contributed by atoms with Gasteiger partial charge < -0.3 is 77.6 Å². The molecule has 0 aliphatic carbocycles. The maximum Gasteiger partial charge on any atom is 0.261 e. The second-order valence-corrected chi connectivity index (χ2v) is 38.6. The van der Waals surface area contributed by atoms with Crippen LogP contribution >= 0.6 is 0 Å². The standard InChI is InChI=1S/C40H56N8O8.C38H54N6O8.C32H44N6O4/c1-29-9-7-11-31-37(29)41-33(47(39(31)51)27-35(49)43(3)4)25-45-13-17-53-21-23-55-19-15-46(16-20-56-24-22-54-18-14-45)26-34-42-38-30(2)10-8-12-32(38)40(52)48(34)28-36(50)44(5)6;1-3-34(37(46)40-32-10-6-4-8-30(32)2)42-14-20-51-26-24-49-18-12-41(13-19-50-25-27-52-21-15-42)28-35-39-33-11-7-5-9-31(33)38(47)44(35)29-36(45)43-16-22-48-23-17-43;1-7-10-28(36(6)20-27(39)34-30-22(2)11-8-12-23(30)3)35(5)19-26-33-31-24(4)13-9-14-25(31)32(41)38(26)21-29(40)37-15-17-42-18-16-37/h7-12H,13-28H2,1-6H3;4-11,34H,3,12-29H2,1-2H3,(H,40,46);8-9,11-14,28H,7,10,15-21H2,1-6H3,(H,34,39). The van der Waals surface area contributed by atoms with Crippen LogP contribution in [0.15, 0.2) is 141 Å². The molecule has 0 saturated carbocycles. The van der Waals surface area contributed by atoms with Crippen molar-refractivity contribution in [2.24, 2.45) is 0 Å². The zero-order chi connectivity index (χ0) is 107. The number of likely N-dealkylation sites (N-methyl/N-ethyl adjacent to an activating group) is 3. The van der Waals surface area contributed by atoms with Crippen LogP contribution in [0.4, 0.5) is 11.4 Å². The Hall–Kier alpha value is -11.9. The van der Waals surface area contributed by atoms with Crippen LogP contribution in [-0.4, -0.2) is 394 Å². The van der Waals surface area contributed by atoms with Crippen LogP contribution in [0.5, 0.6) is 0 Å². The topological polar surface area (TPSA) is 391 Å². The second kappa shape index (κ2) is 59.8. The largest absolute Gasteiger partial charge is 0.378 e. The number of fused-ring (bicyclic) bond motifs is 4. The summed E-state index contributed by atoms with van der Waals surface area (Å²) in [5.74, 6) is 1.26. The summed E-state index contributed by atoms with van der Waals surface area (Å²) < 4.78 is 64.5. The van der Waals surface area contributed by atoms with Gasteiger partial charge in [-0.25, -0.2) is 19.9 Å². The first-order chi connectivity index (χ1) is 72.5. The van der Waals surface area contributed by atoms with Crippen LogP contribution in [0.1, 0.15) is 89.8 Å². The van der Waals surface area contributed by atoms with Gasteiger partial charge in [0.2, 0.25) is 35.4 Å². The van der Waals surface area contributed by atoms with Gasteiger partial charge in [0.05, 0.1) is 221 Å². The lowest BCUT2D eigenvalue weighted by Gasteiger charge is -2.35. The lowest BCUT2D eigenvalue weighted by Crippen LogP contribution is -2.48. The number of ether oxygens (including phenoxy) is 10. The van der Waals surface area contributed by atoms with Gasteiger partial charge in [-0.3, -0.25) is 95.6 Å². The van der Waals surface area contributed by atoms with Crippen LogP contribution in [0.2, 0.25) is 0 Å². The van der Waals surface area contributed by atoms with Crippen molar-refractivity contribution in [2.45, 2.75) is 139 Å². The first-order valence-corrected chi connectivity index (χ1v) is 52.2. The van der Waals surface area contributed by atoms with Crippen LogP contribution in [-0.2, 0) is 128 Å². The zero-order valence-corrected chi connectivity index (χ0v) is 90.0. The minimum Gasteiger partial charge on any atom is -0.378 e. The minimum atomic E-state index is -0.332. The number of benzene rings is 6. The third-order valence-electron chi connectivity index (χ3n) is 27.2. The van der Waals surface area contributed by atoms with E-state index in [4.69, 9.17) is 67.3 Å². The van der Waals surface area contributed by atoms with Gasteiger partial charge >= 0.3 is 0 Å². The number of nitrogens with one attached hydrogen (secondary N) is 2. The number of carbonyl (C=O) groups excluding carboxylic acids is 6. The highest BCUT2D eigenvalue weighted by Gasteiger charge is 2.31. The number of aromatic nitrogens is 8. The smallest absolute Gasteiger partial charge is 0.261 e. The highest BCUT2D eigenvalue weighted by atomic mass is 16.5. The number of anilines is 2. The predicted molar refractivity (Wildman–Crippen MR) is 576 cm³/mol. The van der Waals surface area contributed by atoms with E-state index in [0.29, 0.717) is 310 Å². The summed E-state index contributed by atoms with van der Waals surface area (Å²) >= 11 is 0. The molecule has 40 heteroatoms. The molecule has 6 aromatic carbocycles. The monoisotopic (exact) mass is 2080 g/mol. The van der Waals surface area contributed by atoms with E-state index in [-0.39, 0.29) is 103 Å². The van der Waals surface area contributed by atoms with Gasteiger partial charge in [0, 0.05) is 118 Å². The summed E-state index contributed by atoms with van der Waals surface area (Å²) in [6.45, 7) is 31.9. The Morgan fingerprint density at radius 3 is 1.07 bits per heavy atom. The number of rotatable bonds is 27. The van der Waals surface area contributed by atoms with E-state index in [1.165, 1.54) is 28.1 Å². The summed E-state index contributed by atoms with van der Waals surface area (Å²) in [5, 5.41) is 8.12. The van der Waals surface area contributed by atoms with Crippen molar-refractivity contribution in [2.75, 3.05) is 270 Å². The average molecular weight is 2080 g/mol. The minimum absolute atomic E-state index is 0.0465. The summed E-state index contributed by atoms with van der Waals surface area (Å²) in [4.78, 5) is 172. The molecule has 4 fully saturated rings. The molecule has 2 atom stereocenters. The van der Waals surface area contributed by atoms with Gasteiger partial charge in [-0.1, -0.05) is 105 Å². The van der Waals surface area contributed by atoms with E-state index in [1.54, 1.807) is 68.3 Å². The summed E-state index contributed by atoms with van der Waals surface area (Å²) in [7, 11) is 10.6. The lowest BCUT2D eigenvalue weighted by molar-refractivity contribution is -0.136. The Kier molecular flexibility index (Phi) is 46.5. The number of nitrogens with zero attached hydrogens (tertiary/aromatic N) is 18. The Balaban J connectivity index is 0.000000201. The fraction of sp³-hybridized carbons (Fsp3) is 0.545. The molecule has 4 aliphatic rings. The number of amides is 6. The molecule has 14 rings (SSSR count). The maximum atomic E-state index is 13.8. The second-order valence-electron chi connectivity index (χ2n) is 38.6. The number of morpholine rings is 2. The molecule has 150 heavy (non-hydrogen) atoms. The van der Waals surface area contributed by atoms with Gasteiger partial charge in [-0.05, 0) is 138 Å². The average Bonchev–Trinajstić information content (AvgIpc) is 0.823. The van der Waals surface area contributed by atoms with Gasteiger partial charge in [0.1, 0.15) is 49.5 Å². The fourth-order valence-corrected chi connectivity index (χ4v) is 18.4. The van der Waals surface area contributed by atoms with Gasteiger partial charge in [-0.2, -0.15) is 0 Å². The van der Waals surface area contributed by atoms with Crippen molar-refractivity contribution in [1.82, 2.24) is 87.2 Å². The van der Waals surface area contributed by atoms with E-state index in [2.05, 4.69) is 42.1 Å². The molecule has 2 unspecified atom stereocenters. The third-order valence-corrected chi connectivity index (χ3v) is 27.2. The molecule has 4 aliphatic heterocycles. The summed E-state index contributed by atoms with van der Waals surface area (Å²) in [6.07, 6.45) is 2.28. The van der Waals surface area contributed by atoms with Crippen molar-refractivity contribution in [3.8, 4) is 0 Å². The number of hydrogen-bond donors (Lipinski definition) is 2. The molecular weight excluding hydrogens is 1920 g/mol. The Labute approximate surface area is 878 Å². The number of carbonyl (C=O) groups is 6. The molecule has 40 nitrogen and oxygen atoms in total. The van der Waals surface area contributed by atoms with Crippen molar-refractivity contribution in [3.63, 3.8) is 0 Å². The number of aryl methyl sites for hydroxylation is 6. The van der Waals surface area contributed by atoms with E-state index in [1.807, 2.05) is 158 Å². The number of hydrogen-bond acceptors (Lipinski definition) is 30. The Morgan fingerprint density at radius 1 is 0.347 bits per heavy atom. The van der Waals surface area contributed by atoms with Gasteiger partial charge in [0.15, 0.2) is 0 Å². The molecule has 0 spiro atoms. The van der Waals surface area contributed by atoms with E-state index < -0.39 is 0 Å². The van der Waals surface area contributed by atoms with Crippen LogP contribution < -0.4 is 32.9 Å². The Bertz CT molecular complexity index is 6180. The highest BCUT2D eigenvalue weighted by Crippen LogP contribution is 2.25. The normalized spacial score (nSPS) is 16.8. The molecular formula is C110H154N20O20. The van der Waals surface area contributed by atoms with E-state index in [9.17, 15) is 47.9 Å². The maximum absolute atomic E-state index is 13.8. The highest BCUT2D eigenvalue weighted by molar-refractivity contribution is 5.96. The first-order valence-electron chi connectivity index (χ1n) is 52.2.